The van der Waals surface area contributed by atoms with Gasteiger partial charge < -0.3 is 14.8 Å². The molecule has 0 aliphatic heterocycles. The van der Waals surface area contributed by atoms with E-state index in [9.17, 15) is 9.90 Å². The van der Waals surface area contributed by atoms with Crippen molar-refractivity contribution in [2.75, 3.05) is 6.54 Å². The number of nitrogens with one attached hydrogen (secondary N) is 1. The van der Waals surface area contributed by atoms with Gasteiger partial charge in [-0.2, -0.15) is 0 Å². The Morgan fingerprint density at radius 2 is 2.13 bits per heavy atom. The number of carbonyl (C=O) groups excluding carboxylic acids is 1. The third-order valence-corrected chi connectivity index (χ3v) is 5.29. The van der Waals surface area contributed by atoms with Gasteiger partial charge in [-0.3, -0.25) is 4.79 Å². The highest BCUT2D eigenvalue weighted by Crippen LogP contribution is 2.25. The van der Waals surface area contributed by atoms with E-state index in [-0.39, 0.29) is 18.9 Å². The minimum atomic E-state index is -1.07. The first-order valence-electron chi connectivity index (χ1n) is 7.06. The van der Waals surface area contributed by atoms with E-state index in [1.165, 1.54) is 28.9 Å². The normalized spacial score (nSPS) is 13.7. The van der Waals surface area contributed by atoms with Crippen LogP contribution in [0, 0.1) is 0 Å². The van der Waals surface area contributed by atoms with E-state index in [4.69, 9.17) is 4.42 Å². The Morgan fingerprint density at radius 1 is 1.35 bits per heavy atom. The van der Waals surface area contributed by atoms with Gasteiger partial charge in [0.05, 0.1) is 23.5 Å². The summed E-state index contributed by atoms with van der Waals surface area (Å²) < 4.78 is 5.39. The third kappa shape index (κ3) is 3.87. The fourth-order valence-electron chi connectivity index (χ4n) is 2.07. The molecular formula is C16H16N2O3S2. The van der Waals surface area contributed by atoms with E-state index < -0.39 is 5.60 Å². The first-order chi connectivity index (χ1) is 11.0. The number of hydrogen-bond donors (Lipinski definition) is 2. The Morgan fingerprint density at radius 3 is 2.83 bits per heavy atom. The molecule has 0 saturated carbocycles. The predicted octanol–water partition coefficient (Wildman–Crippen LogP) is 3.03. The van der Waals surface area contributed by atoms with Crippen LogP contribution in [0.3, 0.4) is 0 Å². The fraction of sp³-hybridized carbons (Fsp3) is 0.250. The number of nitrogens with zero attached hydrogens (tertiary/aromatic N) is 1. The molecule has 1 amide bonds. The molecule has 0 saturated heterocycles. The van der Waals surface area contributed by atoms with E-state index in [0.717, 1.165) is 9.75 Å². The molecule has 1 atom stereocenters. The molecule has 0 bridgehead atoms. The van der Waals surface area contributed by atoms with Gasteiger partial charge in [0.2, 0.25) is 11.8 Å². The van der Waals surface area contributed by atoms with Gasteiger partial charge in [0, 0.05) is 4.88 Å². The molecule has 2 N–H and O–H groups in total. The van der Waals surface area contributed by atoms with Gasteiger partial charge >= 0.3 is 0 Å². The van der Waals surface area contributed by atoms with Gasteiger partial charge in [-0.05, 0) is 29.8 Å². The first-order valence-corrected chi connectivity index (χ1v) is 8.82. The number of amides is 1. The standard InChI is InChI=1S/C16H16N2O3S2/c1-16(20,13-5-3-7-23-13)10-17-14(19)8-11-9-21-15(18-11)12-4-2-6-22-12/h2-7,9,20H,8,10H2,1H3,(H,17,19). The van der Waals surface area contributed by atoms with Gasteiger partial charge in [-0.15, -0.1) is 22.7 Å². The molecule has 0 fully saturated rings. The average Bonchev–Trinajstić information content (AvgIpc) is 3.25. The minimum Gasteiger partial charge on any atom is -0.444 e. The first kappa shape index (κ1) is 15.9. The maximum atomic E-state index is 12.0. The molecule has 23 heavy (non-hydrogen) atoms. The lowest BCUT2D eigenvalue weighted by Crippen LogP contribution is -2.38. The van der Waals surface area contributed by atoms with E-state index >= 15 is 0 Å². The second kappa shape index (κ2) is 6.66. The van der Waals surface area contributed by atoms with Crippen LogP contribution in [0.1, 0.15) is 17.5 Å². The summed E-state index contributed by atoms with van der Waals surface area (Å²) in [6.07, 6.45) is 1.61. The van der Waals surface area contributed by atoms with Crippen molar-refractivity contribution >= 4 is 28.6 Å². The number of aliphatic hydroxyl groups is 1. The fourth-order valence-corrected chi connectivity index (χ4v) is 3.51. The van der Waals surface area contributed by atoms with Crippen molar-refractivity contribution in [3.8, 4) is 10.8 Å². The van der Waals surface area contributed by atoms with Crippen LogP contribution in [0.4, 0.5) is 0 Å². The van der Waals surface area contributed by atoms with Crippen molar-refractivity contribution in [1.82, 2.24) is 10.3 Å². The molecule has 0 aliphatic rings. The second-order valence-electron chi connectivity index (χ2n) is 5.33. The van der Waals surface area contributed by atoms with Gasteiger partial charge in [0.25, 0.3) is 0 Å². The SMILES string of the molecule is CC(O)(CNC(=O)Cc1coc(-c2cccs2)n1)c1cccs1. The van der Waals surface area contributed by atoms with E-state index in [1.54, 1.807) is 6.92 Å². The molecule has 3 aromatic rings. The van der Waals surface area contributed by atoms with Crippen LogP contribution in [-0.2, 0) is 16.8 Å². The highest BCUT2D eigenvalue weighted by atomic mass is 32.1. The van der Waals surface area contributed by atoms with Crippen molar-refractivity contribution in [3.63, 3.8) is 0 Å². The Balaban J connectivity index is 1.56. The largest absolute Gasteiger partial charge is 0.444 e. The van der Waals surface area contributed by atoms with Crippen LogP contribution in [0.25, 0.3) is 10.8 Å². The van der Waals surface area contributed by atoms with Crippen LogP contribution in [0.15, 0.2) is 45.7 Å². The van der Waals surface area contributed by atoms with Crippen molar-refractivity contribution in [1.29, 1.82) is 0 Å². The number of rotatable bonds is 6. The molecule has 3 heterocycles. The number of hydrogen-bond acceptors (Lipinski definition) is 6. The molecule has 1 unspecified atom stereocenters. The van der Waals surface area contributed by atoms with E-state index in [2.05, 4.69) is 10.3 Å². The minimum absolute atomic E-state index is 0.120. The molecular weight excluding hydrogens is 332 g/mol. The molecule has 0 spiro atoms. The van der Waals surface area contributed by atoms with Crippen LogP contribution in [-0.4, -0.2) is 22.5 Å². The molecule has 5 nitrogen and oxygen atoms in total. The predicted molar refractivity (Wildman–Crippen MR) is 90.4 cm³/mol. The highest BCUT2D eigenvalue weighted by molar-refractivity contribution is 7.13. The molecule has 120 valence electrons. The highest BCUT2D eigenvalue weighted by Gasteiger charge is 2.25. The quantitative estimate of drug-likeness (QED) is 0.718. The molecule has 0 aliphatic carbocycles. The second-order valence-corrected chi connectivity index (χ2v) is 7.22. The Bertz CT molecular complexity index is 761. The lowest BCUT2D eigenvalue weighted by Gasteiger charge is -2.22. The monoisotopic (exact) mass is 348 g/mol. The van der Waals surface area contributed by atoms with Gasteiger partial charge in [-0.25, -0.2) is 4.98 Å². The Hall–Kier alpha value is -1.96. The zero-order valence-electron chi connectivity index (χ0n) is 12.5. The van der Waals surface area contributed by atoms with Crippen molar-refractivity contribution in [2.24, 2.45) is 0 Å². The van der Waals surface area contributed by atoms with Gasteiger partial charge in [0.1, 0.15) is 11.9 Å². The van der Waals surface area contributed by atoms with Crippen molar-refractivity contribution in [2.45, 2.75) is 18.9 Å². The molecule has 0 radical (unpaired) electrons. The van der Waals surface area contributed by atoms with Crippen LogP contribution < -0.4 is 5.32 Å². The van der Waals surface area contributed by atoms with Crippen LogP contribution >= 0.6 is 22.7 Å². The Kier molecular flexibility index (Phi) is 4.61. The van der Waals surface area contributed by atoms with Gasteiger partial charge in [0.15, 0.2) is 0 Å². The molecule has 3 aromatic heterocycles. The van der Waals surface area contributed by atoms with E-state index in [1.807, 2.05) is 35.0 Å². The maximum absolute atomic E-state index is 12.0. The summed E-state index contributed by atoms with van der Waals surface area (Å²) in [5.74, 6) is 0.321. The van der Waals surface area contributed by atoms with Gasteiger partial charge in [-0.1, -0.05) is 12.1 Å². The van der Waals surface area contributed by atoms with E-state index in [0.29, 0.717) is 11.6 Å². The van der Waals surface area contributed by atoms with Crippen LogP contribution in [0.5, 0.6) is 0 Å². The molecule has 7 heteroatoms. The number of carbonyl (C=O) groups is 1. The summed E-state index contributed by atoms with van der Waals surface area (Å²) in [7, 11) is 0. The summed E-state index contributed by atoms with van der Waals surface area (Å²) in [6, 6.07) is 7.56. The zero-order chi connectivity index (χ0) is 16.3. The number of thiophene rings is 2. The average molecular weight is 348 g/mol. The topological polar surface area (TPSA) is 75.4 Å². The summed E-state index contributed by atoms with van der Waals surface area (Å²) in [6.45, 7) is 1.84. The summed E-state index contributed by atoms with van der Waals surface area (Å²) in [4.78, 5) is 18.1. The van der Waals surface area contributed by atoms with Crippen LogP contribution in [0.2, 0.25) is 0 Å². The summed E-state index contributed by atoms with van der Waals surface area (Å²) >= 11 is 2.99. The Labute approximate surface area is 141 Å². The molecule has 0 aromatic carbocycles. The smallest absolute Gasteiger partial charge is 0.236 e. The summed E-state index contributed by atoms with van der Waals surface area (Å²) in [5, 5.41) is 17.0. The zero-order valence-corrected chi connectivity index (χ0v) is 14.1. The lowest BCUT2D eigenvalue weighted by molar-refractivity contribution is -0.121. The van der Waals surface area contributed by atoms with Crippen molar-refractivity contribution in [3.05, 3.63) is 51.9 Å². The summed E-state index contributed by atoms with van der Waals surface area (Å²) in [5.41, 5.74) is -0.503. The lowest BCUT2D eigenvalue weighted by atomic mass is 10.1. The number of oxazole rings is 1. The van der Waals surface area contributed by atoms with Crippen molar-refractivity contribution < 1.29 is 14.3 Å². The number of aromatic nitrogens is 1. The maximum Gasteiger partial charge on any atom is 0.236 e. The third-order valence-electron chi connectivity index (χ3n) is 3.31. The molecule has 3 rings (SSSR count).